The second-order valence-electron chi connectivity index (χ2n) is 7.49. The Hall–Kier alpha value is -2.40. The summed E-state index contributed by atoms with van der Waals surface area (Å²) in [7, 11) is 0. The zero-order valence-electron chi connectivity index (χ0n) is 15.9. The molecule has 152 valence electrons. The van der Waals surface area contributed by atoms with Crippen LogP contribution in [0.3, 0.4) is 0 Å². The number of fused-ring (bicyclic) bond motifs is 3. The van der Waals surface area contributed by atoms with Crippen LogP contribution in [0, 0.1) is 6.92 Å². The van der Waals surface area contributed by atoms with Crippen LogP contribution in [0.1, 0.15) is 40.9 Å². The molecule has 2 unspecified atom stereocenters. The number of hydrazone groups is 1. The van der Waals surface area contributed by atoms with Gasteiger partial charge >= 0.3 is 0 Å². The molecular weight excluding hydrogens is 443 g/mol. The molecule has 2 aliphatic rings. The normalized spacial score (nSPS) is 19.7. The highest BCUT2D eigenvalue weighted by molar-refractivity contribution is 6.35. The number of nitrogens with zero attached hydrogens (tertiary/aromatic N) is 2. The van der Waals surface area contributed by atoms with E-state index in [1.165, 1.54) is 5.56 Å². The van der Waals surface area contributed by atoms with Gasteiger partial charge < -0.3 is 9.84 Å². The van der Waals surface area contributed by atoms with Crippen molar-refractivity contribution in [3.05, 3.63) is 91.9 Å². The highest BCUT2D eigenvalue weighted by Crippen LogP contribution is 2.51. The quantitative estimate of drug-likeness (QED) is 0.453. The first-order valence-electron chi connectivity index (χ1n) is 9.47. The standard InChI is InChI=1S/C23H17Cl3N2O2/c1-12-2-4-13(5-3-12)19-11-20-16-9-15(25)10-18(26)22(16)30-23(28(20)27-19)17-8-14(24)6-7-21(17)29/h2-10,20,23,29H,11H2,1H3. The van der Waals surface area contributed by atoms with Gasteiger partial charge in [0.15, 0.2) is 0 Å². The summed E-state index contributed by atoms with van der Waals surface area (Å²) in [4.78, 5) is 0. The van der Waals surface area contributed by atoms with Gasteiger partial charge in [-0.25, -0.2) is 5.01 Å². The van der Waals surface area contributed by atoms with E-state index in [1.807, 2.05) is 11.1 Å². The van der Waals surface area contributed by atoms with Gasteiger partial charge in [0.1, 0.15) is 11.5 Å². The van der Waals surface area contributed by atoms with Crippen LogP contribution in [0.15, 0.2) is 59.7 Å². The first kappa shape index (κ1) is 19.6. The predicted molar refractivity (Wildman–Crippen MR) is 120 cm³/mol. The van der Waals surface area contributed by atoms with E-state index in [-0.39, 0.29) is 11.8 Å². The Labute approximate surface area is 189 Å². The Balaban J connectivity index is 1.66. The molecule has 0 radical (unpaired) electrons. The molecule has 0 aliphatic carbocycles. The number of phenols is 1. The molecule has 3 aromatic carbocycles. The molecule has 3 aromatic rings. The van der Waals surface area contributed by atoms with Crippen LogP contribution < -0.4 is 4.74 Å². The van der Waals surface area contributed by atoms with Crippen molar-refractivity contribution in [1.29, 1.82) is 0 Å². The molecule has 2 atom stereocenters. The van der Waals surface area contributed by atoms with Gasteiger partial charge in [-0.3, -0.25) is 0 Å². The molecule has 5 rings (SSSR count). The summed E-state index contributed by atoms with van der Waals surface area (Å²) >= 11 is 19.0. The van der Waals surface area contributed by atoms with Gasteiger partial charge in [0.2, 0.25) is 6.23 Å². The lowest BCUT2D eigenvalue weighted by Gasteiger charge is -2.38. The van der Waals surface area contributed by atoms with Gasteiger partial charge in [0, 0.05) is 22.0 Å². The smallest absolute Gasteiger partial charge is 0.217 e. The van der Waals surface area contributed by atoms with Crippen LogP contribution in [0.5, 0.6) is 11.5 Å². The van der Waals surface area contributed by atoms with Gasteiger partial charge in [0.05, 0.1) is 22.3 Å². The second-order valence-corrected chi connectivity index (χ2v) is 8.77. The Morgan fingerprint density at radius 2 is 1.70 bits per heavy atom. The Morgan fingerprint density at radius 1 is 0.967 bits per heavy atom. The molecule has 4 nitrogen and oxygen atoms in total. The monoisotopic (exact) mass is 458 g/mol. The Bertz CT molecular complexity index is 1180. The molecule has 7 heteroatoms. The van der Waals surface area contributed by atoms with Gasteiger partial charge in [0.25, 0.3) is 0 Å². The van der Waals surface area contributed by atoms with Gasteiger partial charge in [-0.1, -0.05) is 64.6 Å². The molecule has 2 heterocycles. The first-order chi connectivity index (χ1) is 14.4. The number of benzene rings is 3. The largest absolute Gasteiger partial charge is 0.507 e. The van der Waals surface area contributed by atoms with E-state index in [0.717, 1.165) is 16.8 Å². The molecular formula is C23H17Cl3N2O2. The van der Waals surface area contributed by atoms with Crippen molar-refractivity contribution in [3.8, 4) is 11.5 Å². The fourth-order valence-electron chi connectivity index (χ4n) is 3.96. The number of aromatic hydroxyl groups is 1. The summed E-state index contributed by atoms with van der Waals surface area (Å²) < 4.78 is 6.27. The SMILES string of the molecule is Cc1ccc(C2=NN3C(C2)c2cc(Cl)cc(Cl)c2OC3c2cc(Cl)ccc2O)cc1. The summed E-state index contributed by atoms with van der Waals surface area (Å²) in [5.41, 5.74) is 4.55. The van der Waals surface area contributed by atoms with Crippen molar-refractivity contribution in [2.45, 2.75) is 25.6 Å². The summed E-state index contributed by atoms with van der Waals surface area (Å²) in [6.45, 7) is 2.05. The van der Waals surface area contributed by atoms with Crippen LogP contribution in [0.4, 0.5) is 0 Å². The maximum atomic E-state index is 10.5. The molecule has 2 aliphatic heterocycles. The average molecular weight is 460 g/mol. The van der Waals surface area contributed by atoms with Crippen molar-refractivity contribution >= 4 is 40.5 Å². The van der Waals surface area contributed by atoms with E-state index in [1.54, 1.807) is 24.3 Å². The molecule has 0 bridgehead atoms. The van der Waals surface area contributed by atoms with Crippen LogP contribution >= 0.6 is 34.8 Å². The van der Waals surface area contributed by atoms with E-state index < -0.39 is 6.23 Å². The van der Waals surface area contributed by atoms with Gasteiger partial charge in [-0.2, -0.15) is 5.10 Å². The third kappa shape index (κ3) is 3.29. The summed E-state index contributed by atoms with van der Waals surface area (Å²) in [5, 5.41) is 18.7. The van der Waals surface area contributed by atoms with Crippen molar-refractivity contribution in [2.75, 3.05) is 0 Å². The van der Waals surface area contributed by atoms with E-state index in [4.69, 9.17) is 44.6 Å². The molecule has 0 fully saturated rings. The minimum absolute atomic E-state index is 0.0793. The lowest BCUT2D eigenvalue weighted by atomic mass is 9.95. The second kappa shape index (κ2) is 7.38. The number of halogens is 3. The molecule has 0 amide bonds. The molecule has 30 heavy (non-hydrogen) atoms. The number of hydrogen-bond acceptors (Lipinski definition) is 4. The van der Waals surface area contributed by atoms with E-state index in [2.05, 4.69) is 31.2 Å². The minimum Gasteiger partial charge on any atom is -0.507 e. The average Bonchev–Trinajstić information content (AvgIpc) is 3.16. The number of rotatable bonds is 2. The predicted octanol–water partition coefficient (Wildman–Crippen LogP) is 6.90. The minimum atomic E-state index is -0.678. The van der Waals surface area contributed by atoms with Crippen LogP contribution in [0.2, 0.25) is 15.1 Å². The first-order valence-corrected chi connectivity index (χ1v) is 10.6. The van der Waals surface area contributed by atoms with Crippen LogP contribution in [0.25, 0.3) is 0 Å². The number of hydrogen-bond donors (Lipinski definition) is 1. The van der Waals surface area contributed by atoms with Crippen LogP contribution in [-0.4, -0.2) is 15.8 Å². The third-order valence-corrected chi connectivity index (χ3v) is 6.18. The van der Waals surface area contributed by atoms with Crippen molar-refractivity contribution < 1.29 is 9.84 Å². The van der Waals surface area contributed by atoms with Crippen molar-refractivity contribution in [2.24, 2.45) is 5.10 Å². The zero-order chi connectivity index (χ0) is 21.0. The summed E-state index contributed by atoms with van der Waals surface area (Å²) in [6.07, 6.45) is -0.0173. The Morgan fingerprint density at radius 3 is 2.47 bits per heavy atom. The van der Waals surface area contributed by atoms with E-state index >= 15 is 0 Å². The number of ether oxygens (including phenoxy) is 1. The lowest BCUT2D eigenvalue weighted by Crippen LogP contribution is -2.34. The van der Waals surface area contributed by atoms with Gasteiger partial charge in [-0.15, -0.1) is 0 Å². The Kier molecular flexibility index (Phi) is 4.81. The lowest BCUT2D eigenvalue weighted by molar-refractivity contribution is -0.0202. The number of phenolic OH excluding ortho intramolecular Hbond substituents is 1. The molecule has 0 saturated carbocycles. The molecule has 1 N–H and O–H groups in total. The number of aryl methyl sites for hydroxylation is 1. The maximum absolute atomic E-state index is 10.5. The van der Waals surface area contributed by atoms with E-state index in [9.17, 15) is 5.11 Å². The topological polar surface area (TPSA) is 45.1 Å². The van der Waals surface area contributed by atoms with Gasteiger partial charge in [-0.05, 0) is 42.8 Å². The fourth-order valence-corrected chi connectivity index (χ4v) is 4.70. The summed E-state index contributed by atoms with van der Waals surface area (Å²) in [6, 6.07) is 16.5. The third-order valence-electron chi connectivity index (χ3n) is 5.45. The zero-order valence-corrected chi connectivity index (χ0v) is 18.2. The maximum Gasteiger partial charge on any atom is 0.217 e. The fraction of sp³-hybridized carbons (Fsp3) is 0.174. The molecule has 0 spiro atoms. The summed E-state index contributed by atoms with van der Waals surface area (Å²) in [5.74, 6) is 0.628. The van der Waals surface area contributed by atoms with Crippen molar-refractivity contribution in [3.63, 3.8) is 0 Å². The molecule has 0 aromatic heterocycles. The molecule has 0 saturated heterocycles. The van der Waals surface area contributed by atoms with Crippen molar-refractivity contribution in [1.82, 2.24) is 5.01 Å². The van der Waals surface area contributed by atoms with E-state index in [0.29, 0.717) is 32.8 Å². The highest BCUT2D eigenvalue weighted by Gasteiger charge is 2.43. The van der Waals surface area contributed by atoms with Crippen LogP contribution in [-0.2, 0) is 0 Å². The highest BCUT2D eigenvalue weighted by atomic mass is 35.5.